The molecule has 0 amide bonds. The van der Waals surface area contributed by atoms with Gasteiger partial charge in [-0.15, -0.1) is 0 Å². The number of hydrogen-bond donors (Lipinski definition) is 1. The van der Waals surface area contributed by atoms with Gasteiger partial charge in [-0.1, -0.05) is 25.7 Å². The number of aromatic nitrogens is 4. The average molecular weight is 421 g/mol. The normalized spacial score (nSPS) is 14.4. The third kappa shape index (κ3) is 4.12. The fraction of sp³-hybridized carbons (Fsp3) is 0.400. The van der Waals surface area contributed by atoms with E-state index in [-0.39, 0.29) is 27.7 Å². The van der Waals surface area contributed by atoms with Gasteiger partial charge in [0.2, 0.25) is 0 Å². The van der Waals surface area contributed by atoms with Gasteiger partial charge in [0.25, 0.3) is 5.56 Å². The Morgan fingerprint density at radius 2 is 1.93 bits per heavy atom. The first-order valence-electron chi connectivity index (χ1n) is 9.63. The van der Waals surface area contributed by atoms with Gasteiger partial charge in [0.15, 0.2) is 11.5 Å². The van der Waals surface area contributed by atoms with Crippen LogP contribution in [0.15, 0.2) is 29.5 Å². The van der Waals surface area contributed by atoms with Crippen LogP contribution in [0.4, 0.5) is 23.4 Å². The van der Waals surface area contributed by atoms with Gasteiger partial charge in [-0.2, -0.15) is 13.2 Å². The van der Waals surface area contributed by atoms with Crippen molar-refractivity contribution in [1.29, 1.82) is 0 Å². The van der Waals surface area contributed by atoms with Crippen LogP contribution >= 0.6 is 0 Å². The van der Waals surface area contributed by atoms with E-state index in [0.717, 1.165) is 37.4 Å². The van der Waals surface area contributed by atoms with Crippen LogP contribution < -0.4 is 11.3 Å². The summed E-state index contributed by atoms with van der Waals surface area (Å²) >= 11 is 0. The first-order valence-corrected chi connectivity index (χ1v) is 9.63. The van der Waals surface area contributed by atoms with Gasteiger partial charge in [0.05, 0.1) is 29.1 Å². The number of hydrogen-bond acceptors (Lipinski definition) is 5. The zero-order valence-electron chi connectivity index (χ0n) is 15.9. The number of halogens is 4. The zero-order chi connectivity index (χ0) is 21.5. The molecule has 0 aliphatic heterocycles. The van der Waals surface area contributed by atoms with Crippen LogP contribution in [0.1, 0.15) is 37.8 Å². The Morgan fingerprint density at radius 3 is 2.60 bits per heavy atom. The van der Waals surface area contributed by atoms with Crippen LogP contribution in [-0.2, 0) is 12.7 Å². The first kappa shape index (κ1) is 20.2. The lowest BCUT2D eigenvalue weighted by Crippen LogP contribution is -2.21. The number of nitrogen functional groups attached to an aromatic ring is 1. The topological polar surface area (TPSA) is 86.7 Å². The highest BCUT2D eigenvalue weighted by Gasteiger charge is 2.36. The molecule has 1 aliphatic rings. The molecule has 4 rings (SSSR count). The molecule has 30 heavy (non-hydrogen) atoms. The second kappa shape index (κ2) is 7.66. The molecule has 3 aromatic rings. The minimum absolute atomic E-state index is 0.0915. The third-order valence-corrected chi connectivity index (χ3v) is 5.22. The van der Waals surface area contributed by atoms with Crippen molar-refractivity contribution in [3.63, 3.8) is 0 Å². The van der Waals surface area contributed by atoms with Crippen LogP contribution in [0.5, 0.6) is 0 Å². The molecule has 2 heterocycles. The molecule has 1 aromatic carbocycles. The Hall–Kier alpha value is -3.04. The zero-order valence-corrected chi connectivity index (χ0v) is 15.9. The Kier molecular flexibility index (Phi) is 5.17. The average Bonchev–Trinajstić information content (AvgIpc) is 3.50. The molecular weight excluding hydrogens is 402 g/mol. The van der Waals surface area contributed by atoms with Crippen molar-refractivity contribution in [2.75, 3.05) is 5.73 Å². The van der Waals surface area contributed by atoms with Crippen molar-refractivity contribution < 1.29 is 17.6 Å². The van der Waals surface area contributed by atoms with Gasteiger partial charge in [0, 0.05) is 12.1 Å². The lowest BCUT2D eigenvalue weighted by molar-refractivity contribution is -0.140. The number of benzene rings is 1. The van der Waals surface area contributed by atoms with Gasteiger partial charge in [-0.25, -0.2) is 19.3 Å². The fourth-order valence-corrected chi connectivity index (χ4v) is 3.41. The van der Waals surface area contributed by atoms with E-state index in [2.05, 4.69) is 15.0 Å². The maximum Gasteiger partial charge on any atom is 0.437 e. The van der Waals surface area contributed by atoms with Crippen molar-refractivity contribution in [3.8, 4) is 11.3 Å². The molecule has 0 bridgehead atoms. The third-order valence-electron chi connectivity index (χ3n) is 5.22. The van der Waals surface area contributed by atoms with Crippen LogP contribution in [-0.4, -0.2) is 19.5 Å². The van der Waals surface area contributed by atoms with E-state index >= 15 is 0 Å². The first-order chi connectivity index (χ1) is 14.2. The molecule has 0 unspecified atom stereocenters. The molecule has 0 radical (unpaired) electrons. The highest BCUT2D eigenvalue weighted by Crippen LogP contribution is 2.34. The number of nitrogens with two attached hydrogens (primary N) is 1. The van der Waals surface area contributed by atoms with Crippen molar-refractivity contribution in [3.05, 3.63) is 46.5 Å². The lowest BCUT2D eigenvalue weighted by Gasteiger charge is -2.11. The minimum Gasteiger partial charge on any atom is -0.382 e. The Balaban J connectivity index is 1.63. The largest absolute Gasteiger partial charge is 0.437 e. The van der Waals surface area contributed by atoms with Crippen LogP contribution in [0.2, 0.25) is 0 Å². The molecule has 6 nitrogen and oxygen atoms in total. The second-order valence-electron chi connectivity index (χ2n) is 7.52. The van der Waals surface area contributed by atoms with E-state index in [1.165, 1.54) is 29.8 Å². The van der Waals surface area contributed by atoms with Crippen molar-refractivity contribution in [1.82, 2.24) is 19.5 Å². The van der Waals surface area contributed by atoms with E-state index in [1.807, 2.05) is 0 Å². The summed E-state index contributed by atoms with van der Waals surface area (Å²) < 4.78 is 54.5. The van der Waals surface area contributed by atoms with E-state index in [0.29, 0.717) is 6.54 Å². The summed E-state index contributed by atoms with van der Waals surface area (Å²) in [5, 5.41) is 0.0915. The van der Waals surface area contributed by atoms with Gasteiger partial charge in [-0.3, -0.25) is 9.36 Å². The lowest BCUT2D eigenvalue weighted by atomic mass is 10.1. The molecule has 158 valence electrons. The number of anilines is 1. The van der Waals surface area contributed by atoms with Gasteiger partial charge < -0.3 is 5.73 Å². The van der Waals surface area contributed by atoms with Crippen LogP contribution in [0.3, 0.4) is 0 Å². The molecule has 0 saturated heterocycles. The van der Waals surface area contributed by atoms with Gasteiger partial charge in [0.1, 0.15) is 5.82 Å². The number of fused-ring (bicyclic) bond motifs is 1. The number of rotatable bonds is 6. The highest BCUT2D eigenvalue weighted by atomic mass is 19.4. The molecule has 0 atom stereocenters. The molecule has 1 fully saturated rings. The SMILES string of the molecule is Nc1nc(-c2cc3ncn(CCCCC4CC4)c(=O)c3cc2F)cnc1C(F)(F)F. The summed E-state index contributed by atoms with van der Waals surface area (Å²) in [6, 6.07) is 2.29. The number of nitrogens with zero attached hydrogens (tertiary/aromatic N) is 4. The van der Waals surface area contributed by atoms with Gasteiger partial charge in [-0.05, 0) is 24.5 Å². The Bertz CT molecular complexity index is 1150. The monoisotopic (exact) mass is 421 g/mol. The summed E-state index contributed by atoms with van der Waals surface area (Å²) in [7, 11) is 0. The van der Waals surface area contributed by atoms with E-state index in [4.69, 9.17) is 5.73 Å². The number of unbranched alkanes of at least 4 members (excludes halogenated alkanes) is 1. The van der Waals surface area contributed by atoms with Gasteiger partial charge >= 0.3 is 6.18 Å². The molecular formula is C20H19F4N5O. The highest BCUT2D eigenvalue weighted by molar-refractivity contribution is 5.83. The second-order valence-corrected chi connectivity index (χ2v) is 7.52. The Labute approximate surface area is 168 Å². The standard InChI is InChI=1S/C20H19F4N5O/c21-14-7-13-15(27-10-29(19(13)30)6-2-1-3-11-4-5-11)8-12(14)16-9-26-17(18(25)28-16)20(22,23)24/h7-11H,1-6H2,(H2,25,28). The predicted octanol–water partition coefficient (Wildman–Crippen LogP) is 4.17. The quantitative estimate of drug-likeness (QED) is 0.477. The summed E-state index contributed by atoms with van der Waals surface area (Å²) in [4.78, 5) is 23.8. The van der Waals surface area contributed by atoms with E-state index in [9.17, 15) is 22.4 Å². The molecule has 2 N–H and O–H groups in total. The molecule has 1 aliphatic carbocycles. The summed E-state index contributed by atoms with van der Waals surface area (Å²) in [6.07, 6.45) is 3.03. The fourth-order valence-electron chi connectivity index (χ4n) is 3.41. The van der Waals surface area contributed by atoms with Crippen molar-refractivity contribution in [2.24, 2.45) is 5.92 Å². The molecule has 1 saturated carbocycles. The number of aryl methyl sites for hydroxylation is 1. The van der Waals surface area contributed by atoms with Crippen LogP contribution in [0, 0.1) is 11.7 Å². The van der Waals surface area contributed by atoms with E-state index in [1.54, 1.807) is 0 Å². The number of alkyl halides is 3. The summed E-state index contributed by atoms with van der Waals surface area (Å²) in [6.45, 7) is 0.499. The molecule has 2 aromatic heterocycles. The molecule has 0 spiro atoms. The summed E-state index contributed by atoms with van der Waals surface area (Å²) in [5.41, 5.74) is 3.55. The Morgan fingerprint density at radius 1 is 1.17 bits per heavy atom. The minimum atomic E-state index is -4.76. The van der Waals surface area contributed by atoms with Crippen LogP contribution in [0.25, 0.3) is 22.2 Å². The van der Waals surface area contributed by atoms with Crippen molar-refractivity contribution in [2.45, 2.75) is 44.8 Å². The molecule has 10 heteroatoms. The van der Waals surface area contributed by atoms with Crippen molar-refractivity contribution >= 4 is 16.7 Å². The summed E-state index contributed by atoms with van der Waals surface area (Å²) in [5.74, 6) is -0.846. The predicted molar refractivity (Wildman–Crippen MR) is 103 cm³/mol. The maximum absolute atomic E-state index is 14.7. The van der Waals surface area contributed by atoms with E-state index < -0.39 is 23.5 Å². The maximum atomic E-state index is 14.7. The smallest absolute Gasteiger partial charge is 0.382 e.